The molecular weight excluding hydrogens is 336 g/mol. The van der Waals surface area contributed by atoms with E-state index < -0.39 is 0 Å². The highest BCUT2D eigenvalue weighted by Crippen LogP contribution is 2.43. The Morgan fingerprint density at radius 1 is 1.52 bits per heavy atom. The number of ether oxygens (including phenoxy) is 1. The van der Waals surface area contributed by atoms with Crippen molar-refractivity contribution in [1.29, 1.82) is 5.26 Å². The highest BCUT2D eigenvalue weighted by molar-refractivity contribution is 5.64. The van der Waals surface area contributed by atoms with Crippen molar-refractivity contribution < 1.29 is 4.74 Å². The summed E-state index contributed by atoms with van der Waals surface area (Å²) in [4.78, 5) is 4.74. The number of aryl methyl sites for hydroxylation is 1. The van der Waals surface area contributed by atoms with Crippen molar-refractivity contribution in [3.8, 4) is 6.26 Å². The molecule has 5 nitrogen and oxygen atoms in total. The normalized spacial score (nSPS) is 19.9. The minimum atomic E-state index is -0.311. The standard InChI is InChI=1S/C22H30N4O/c1-7-11-22(5,18-9-8-17(4)20(13-18)27-15-23)19-14-25-26(6)21(19)24-12-10-16(2)3/h7-8,11-14,16,18H,9-10H2,1-6H3/b11-7-,24-12?. The number of rotatable bonds is 7. The summed E-state index contributed by atoms with van der Waals surface area (Å²) in [5.41, 5.74) is 1.76. The quantitative estimate of drug-likeness (QED) is 0.371. The van der Waals surface area contributed by atoms with Gasteiger partial charge in [0.25, 0.3) is 6.26 Å². The summed E-state index contributed by atoms with van der Waals surface area (Å²) in [7, 11) is 1.92. The third-order valence-electron chi connectivity index (χ3n) is 5.14. The summed E-state index contributed by atoms with van der Waals surface area (Å²) in [6.07, 6.45) is 15.9. The first-order valence-electron chi connectivity index (χ1n) is 9.47. The predicted molar refractivity (Wildman–Crippen MR) is 110 cm³/mol. The van der Waals surface area contributed by atoms with Gasteiger partial charge in [0.05, 0.1) is 6.20 Å². The second-order valence-electron chi connectivity index (χ2n) is 7.68. The van der Waals surface area contributed by atoms with Crippen LogP contribution in [0.25, 0.3) is 0 Å². The predicted octanol–water partition coefficient (Wildman–Crippen LogP) is 5.35. The van der Waals surface area contributed by atoms with Crippen molar-refractivity contribution >= 4 is 12.0 Å². The number of allylic oxidation sites excluding steroid dienone is 5. The maximum atomic E-state index is 8.95. The molecule has 1 aliphatic carbocycles. The first-order valence-corrected chi connectivity index (χ1v) is 9.47. The van der Waals surface area contributed by atoms with E-state index in [-0.39, 0.29) is 11.3 Å². The largest absolute Gasteiger partial charge is 0.388 e. The van der Waals surface area contributed by atoms with Crippen molar-refractivity contribution in [2.45, 2.75) is 52.9 Å². The lowest BCUT2D eigenvalue weighted by molar-refractivity contribution is 0.352. The molecule has 2 atom stereocenters. The van der Waals surface area contributed by atoms with Gasteiger partial charge in [-0.1, -0.05) is 39.0 Å². The van der Waals surface area contributed by atoms with E-state index in [0.29, 0.717) is 11.7 Å². The number of hydrogen-bond donors (Lipinski definition) is 0. The van der Waals surface area contributed by atoms with Gasteiger partial charge in [0.2, 0.25) is 0 Å². The molecule has 0 bridgehead atoms. The van der Waals surface area contributed by atoms with Crippen molar-refractivity contribution in [3.05, 3.63) is 47.4 Å². The Bertz CT molecular complexity index is 820. The first-order chi connectivity index (χ1) is 12.8. The van der Waals surface area contributed by atoms with Gasteiger partial charge in [0, 0.05) is 24.2 Å². The van der Waals surface area contributed by atoms with Gasteiger partial charge >= 0.3 is 0 Å². The first kappa shape index (κ1) is 20.7. The molecule has 144 valence electrons. The van der Waals surface area contributed by atoms with Crippen LogP contribution in [0.1, 0.15) is 53.0 Å². The van der Waals surface area contributed by atoms with Crippen molar-refractivity contribution in [2.75, 3.05) is 0 Å². The Balaban J connectivity index is 2.49. The van der Waals surface area contributed by atoms with Gasteiger partial charge in [-0.05, 0) is 50.2 Å². The van der Waals surface area contributed by atoms with E-state index in [1.54, 1.807) is 6.26 Å². The number of nitriles is 1. The van der Waals surface area contributed by atoms with Gasteiger partial charge in [-0.25, -0.2) is 4.99 Å². The van der Waals surface area contributed by atoms with Crippen LogP contribution in [0.15, 0.2) is 46.8 Å². The molecule has 0 saturated carbocycles. The van der Waals surface area contributed by atoms with Crippen LogP contribution in [0.3, 0.4) is 0 Å². The number of aliphatic imine (C=N–C) groups is 1. The van der Waals surface area contributed by atoms with Crippen LogP contribution in [0.2, 0.25) is 0 Å². The summed E-state index contributed by atoms with van der Waals surface area (Å²) in [6, 6.07) is 0. The van der Waals surface area contributed by atoms with E-state index in [4.69, 9.17) is 15.0 Å². The average molecular weight is 367 g/mol. The molecule has 0 spiro atoms. The van der Waals surface area contributed by atoms with Gasteiger partial charge in [-0.3, -0.25) is 4.68 Å². The number of nitrogens with zero attached hydrogens (tertiary/aromatic N) is 4. The van der Waals surface area contributed by atoms with E-state index in [2.05, 4.69) is 50.2 Å². The maximum absolute atomic E-state index is 8.95. The molecule has 0 radical (unpaired) electrons. The molecule has 1 aromatic rings. The summed E-state index contributed by atoms with van der Waals surface area (Å²) >= 11 is 0. The summed E-state index contributed by atoms with van der Waals surface area (Å²) in [5, 5.41) is 13.4. The second-order valence-corrected chi connectivity index (χ2v) is 7.68. The lowest BCUT2D eigenvalue weighted by Gasteiger charge is -2.35. The smallest absolute Gasteiger partial charge is 0.292 e. The zero-order chi connectivity index (χ0) is 20.0. The fourth-order valence-corrected chi connectivity index (χ4v) is 3.44. The molecule has 27 heavy (non-hydrogen) atoms. The molecule has 0 aliphatic heterocycles. The van der Waals surface area contributed by atoms with Crippen molar-refractivity contribution in [2.24, 2.45) is 23.9 Å². The van der Waals surface area contributed by atoms with Crippen LogP contribution >= 0.6 is 0 Å². The monoisotopic (exact) mass is 366 g/mol. The summed E-state index contributed by atoms with van der Waals surface area (Å²) < 4.78 is 7.01. The SMILES string of the molecule is C/C=C\C(C)(c1cnn(C)c1N=CCC(C)C)C1C=C(OC#N)C(C)=CC1. The van der Waals surface area contributed by atoms with Gasteiger partial charge in [0.1, 0.15) is 5.76 Å². The molecule has 0 amide bonds. The van der Waals surface area contributed by atoms with Crippen LogP contribution in [-0.4, -0.2) is 16.0 Å². The molecule has 0 N–H and O–H groups in total. The second kappa shape index (κ2) is 8.85. The summed E-state index contributed by atoms with van der Waals surface area (Å²) in [5.74, 6) is 2.22. The van der Waals surface area contributed by atoms with E-state index in [0.717, 1.165) is 29.8 Å². The van der Waals surface area contributed by atoms with E-state index in [1.165, 1.54) is 0 Å². The molecule has 5 heteroatoms. The van der Waals surface area contributed by atoms with Crippen molar-refractivity contribution in [3.63, 3.8) is 0 Å². The van der Waals surface area contributed by atoms with E-state index >= 15 is 0 Å². The van der Waals surface area contributed by atoms with Gasteiger partial charge < -0.3 is 4.74 Å². The topological polar surface area (TPSA) is 63.2 Å². The molecule has 1 heterocycles. The Kier molecular flexibility index (Phi) is 6.79. The van der Waals surface area contributed by atoms with Crippen LogP contribution in [-0.2, 0) is 17.2 Å². The molecule has 1 aliphatic rings. The highest BCUT2D eigenvalue weighted by atomic mass is 16.5. The fourth-order valence-electron chi connectivity index (χ4n) is 3.44. The molecule has 0 aromatic carbocycles. The minimum Gasteiger partial charge on any atom is -0.388 e. The number of aromatic nitrogens is 2. The highest BCUT2D eigenvalue weighted by Gasteiger charge is 2.37. The van der Waals surface area contributed by atoms with Crippen molar-refractivity contribution in [1.82, 2.24) is 9.78 Å². The Morgan fingerprint density at radius 2 is 2.26 bits per heavy atom. The maximum Gasteiger partial charge on any atom is 0.292 e. The molecule has 2 rings (SSSR count). The van der Waals surface area contributed by atoms with Gasteiger partial charge in [-0.15, -0.1) is 5.26 Å². The Morgan fingerprint density at radius 3 is 2.89 bits per heavy atom. The lowest BCUT2D eigenvalue weighted by Crippen LogP contribution is -2.30. The van der Waals surface area contributed by atoms with Crippen LogP contribution in [0, 0.1) is 23.4 Å². The zero-order valence-electron chi connectivity index (χ0n) is 17.2. The minimum absolute atomic E-state index is 0.143. The van der Waals surface area contributed by atoms with Crippen LogP contribution < -0.4 is 0 Å². The van der Waals surface area contributed by atoms with Gasteiger partial charge in [0.15, 0.2) is 5.82 Å². The molecular formula is C22H30N4O. The van der Waals surface area contributed by atoms with Crippen LogP contribution in [0.5, 0.6) is 0 Å². The molecule has 2 unspecified atom stereocenters. The molecule has 1 aromatic heterocycles. The summed E-state index contributed by atoms with van der Waals surface area (Å²) in [6.45, 7) is 10.6. The van der Waals surface area contributed by atoms with E-state index in [1.807, 2.05) is 38.0 Å². The fraction of sp³-hybridized carbons (Fsp3) is 0.500. The average Bonchev–Trinajstić information content (AvgIpc) is 2.98. The van der Waals surface area contributed by atoms with Gasteiger partial charge in [-0.2, -0.15) is 5.10 Å². The zero-order valence-corrected chi connectivity index (χ0v) is 17.2. The number of hydrogen-bond acceptors (Lipinski definition) is 4. The Labute approximate surface area is 162 Å². The van der Waals surface area contributed by atoms with E-state index in [9.17, 15) is 0 Å². The van der Waals surface area contributed by atoms with Crippen LogP contribution in [0.4, 0.5) is 5.82 Å². The third kappa shape index (κ3) is 4.57. The molecule has 0 saturated heterocycles. The molecule has 0 fully saturated rings. The third-order valence-corrected chi connectivity index (χ3v) is 5.14. The lowest BCUT2D eigenvalue weighted by atomic mass is 9.69. The Hall–Kier alpha value is -2.61.